The fraction of sp³-hybridized carbons (Fsp3) is 0.150. The Morgan fingerprint density at radius 2 is 1.97 bits per heavy atom. The molecule has 0 saturated heterocycles. The van der Waals surface area contributed by atoms with Crippen molar-refractivity contribution in [3.05, 3.63) is 69.8 Å². The maximum atomic E-state index is 14.6. The normalized spacial score (nSPS) is 11.8. The Balaban J connectivity index is 1.45. The molecule has 2 heterocycles. The molecule has 12 heteroatoms. The smallest absolute Gasteiger partial charge is 0.264 e. The van der Waals surface area contributed by atoms with E-state index in [1.165, 1.54) is 30.6 Å². The summed E-state index contributed by atoms with van der Waals surface area (Å²) in [6.07, 6.45) is 5.31. The van der Waals surface area contributed by atoms with Gasteiger partial charge in [0.2, 0.25) is 0 Å². The average molecular weight is 518 g/mol. The largest absolute Gasteiger partial charge is 0.493 e. The Morgan fingerprint density at radius 1 is 1.16 bits per heavy atom. The number of aromatic amines is 1. The SMILES string of the molecule is O=S(=O)(Nc1ccc(Cl)c2c(Cl)c[nH]c12)c1ccc(OCCCn2cc(Cl)cn2)cc1F. The standard InChI is InChI=1S/C20H16Cl3FN4O3S/c21-12-9-26-28(11-12)6-1-7-31-13-2-5-18(16(24)8-13)32(29,30)27-17-4-3-14(22)19-15(23)10-25-20(17)19/h2-5,8-11,25,27H,1,6-7H2. The van der Waals surface area contributed by atoms with Crippen LogP contribution in [0, 0.1) is 5.82 Å². The van der Waals surface area contributed by atoms with E-state index in [1.54, 1.807) is 10.9 Å². The molecule has 0 saturated carbocycles. The first-order valence-electron chi connectivity index (χ1n) is 9.33. The molecular formula is C20H16Cl3FN4O3S. The number of H-pyrrole nitrogens is 1. The minimum Gasteiger partial charge on any atom is -0.493 e. The molecular weight excluding hydrogens is 502 g/mol. The monoisotopic (exact) mass is 516 g/mol. The summed E-state index contributed by atoms with van der Waals surface area (Å²) in [6.45, 7) is 0.863. The zero-order chi connectivity index (χ0) is 22.9. The van der Waals surface area contributed by atoms with Crippen molar-refractivity contribution >= 4 is 61.4 Å². The number of nitrogens with zero attached hydrogens (tertiary/aromatic N) is 2. The molecule has 4 aromatic rings. The van der Waals surface area contributed by atoms with Crippen molar-refractivity contribution < 1.29 is 17.5 Å². The number of sulfonamides is 1. The average Bonchev–Trinajstić information content (AvgIpc) is 3.33. The Morgan fingerprint density at radius 3 is 2.69 bits per heavy atom. The van der Waals surface area contributed by atoms with E-state index < -0.39 is 20.7 Å². The molecule has 0 atom stereocenters. The van der Waals surface area contributed by atoms with Crippen LogP contribution in [0.2, 0.25) is 15.1 Å². The van der Waals surface area contributed by atoms with E-state index in [9.17, 15) is 12.8 Å². The van der Waals surface area contributed by atoms with Crippen molar-refractivity contribution in [2.45, 2.75) is 17.9 Å². The van der Waals surface area contributed by atoms with Crippen LogP contribution in [0.1, 0.15) is 6.42 Å². The molecule has 0 unspecified atom stereocenters. The van der Waals surface area contributed by atoms with E-state index in [0.717, 1.165) is 12.1 Å². The second-order valence-electron chi connectivity index (χ2n) is 6.80. The van der Waals surface area contributed by atoms with Crippen LogP contribution >= 0.6 is 34.8 Å². The summed E-state index contributed by atoms with van der Waals surface area (Å²) in [5, 5.41) is 5.76. The molecule has 0 amide bonds. The van der Waals surface area contributed by atoms with E-state index in [-0.39, 0.29) is 18.0 Å². The predicted molar refractivity (Wildman–Crippen MR) is 123 cm³/mol. The molecule has 0 aliphatic heterocycles. The molecule has 168 valence electrons. The molecule has 2 aromatic carbocycles. The molecule has 0 aliphatic carbocycles. The van der Waals surface area contributed by atoms with E-state index >= 15 is 0 Å². The number of hydrogen-bond acceptors (Lipinski definition) is 4. The first-order chi connectivity index (χ1) is 15.2. The van der Waals surface area contributed by atoms with Gasteiger partial charge < -0.3 is 9.72 Å². The van der Waals surface area contributed by atoms with Crippen LogP contribution < -0.4 is 9.46 Å². The summed E-state index contributed by atoms with van der Waals surface area (Å²) < 4.78 is 49.8. The van der Waals surface area contributed by atoms with Crippen molar-refractivity contribution in [2.75, 3.05) is 11.3 Å². The molecule has 0 fully saturated rings. The molecule has 0 bridgehead atoms. The minimum absolute atomic E-state index is 0.190. The van der Waals surface area contributed by atoms with Gasteiger partial charge in [-0.15, -0.1) is 0 Å². The third-order valence-corrected chi connectivity index (χ3v) is 6.78. The molecule has 0 radical (unpaired) electrons. The van der Waals surface area contributed by atoms with E-state index in [2.05, 4.69) is 14.8 Å². The van der Waals surface area contributed by atoms with Crippen molar-refractivity contribution in [2.24, 2.45) is 0 Å². The lowest BCUT2D eigenvalue weighted by Crippen LogP contribution is -2.15. The van der Waals surface area contributed by atoms with Gasteiger partial charge in [-0.1, -0.05) is 34.8 Å². The number of benzene rings is 2. The van der Waals surface area contributed by atoms with Crippen LogP contribution in [-0.2, 0) is 16.6 Å². The summed E-state index contributed by atoms with van der Waals surface area (Å²) in [5.74, 6) is -0.728. The molecule has 2 N–H and O–H groups in total. The summed E-state index contributed by atoms with van der Waals surface area (Å²) in [7, 11) is -4.23. The first kappa shape index (κ1) is 22.7. The number of hydrogen-bond donors (Lipinski definition) is 2. The lowest BCUT2D eigenvalue weighted by atomic mass is 10.2. The number of fused-ring (bicyclic) bond motifs is 1. The van der Waals surface area contributed by atoms with Crippen molar-refractivity contribution in [3.8, 4) is 5.75 Å². The second-order valence-corrected chi connectivity index (χ2v) is 9.70. The summed E-state index contributed by atoms with van der Waals surface area (Å²) >= 11 is 18.0. The topological polar surface area (TPSA) is 89.0 Å². The molecule has 0 aliphatic rings. The van der Waals surface area contributed by atoms with Crippen LogP contribution in [0.25, 0.3) is 10.9 Å². The zero-order valence-electron chi connectivity index (χ0n) is 16.3. The van der Waals surface area contributed by atoms with Crippen LogP contribution in [0.15, 0.2) is 53.8 Å². The van der Waals surface area contributed by atoms with Gasteiger partial charge in [-0.25, -0.2) is 12.8 Å². The number of nitrogens with one attached hydrogen (secondary N) is 2. The summed E-state index contributed by atoms with van der Waals surface area (Å²) in [5.41, 5.74) is 0.583. The molecule has 7 nitrogen and oxygen atoms in total. The highest BCUT2D eigenvalue weighted by Gasteiger charge is 2.22. The summed E-state index contributed by atoms with van der Waals surface area (Å²) in [6, 6.07) is 6.55. The number of aryl methyl sites for hydroxylation is 1. The molecule has 4 rings (SSSR count). The lowest BCUT2D eigenvalue weighted by Gasteiger charge is -2.12. The minimum atomic E-state index is -4.23. The van der Waals surface area contributed by atoms with E-state index in [0.29, 0.717) is 38.9 Å². The van der Waals surface area contributed by atoms with E-state index in [1.807, 2.05) is 0 Å². The maximum Gasteiger partial charge on any atom is 0.264 e. The summed E-state index contributed by atoms with van der Waals surface area (Å²) in [4.78, 5) is 2.35. The fourth-order valence-corrected chi connectivity index (χ4v) is 4.97. The molecule has 32 heavy (non-hydrogen) atoms. The highest BCUT2D eigenvalue weighted by atomic mass is 35.5. The Bertz CT molecular complexity index is 1390. The highest BCUT2D eigenvalue weighted by Crippen LogP contribution is 2.35. The fourth-order valence-electron chi connectivity index (χ4n) is 3.12. The number of halogens is 4. The Labute approximate surface area is 198 Å². The lowest BCUT2D eigenvalue weighted by molar-refractivity contribution is 0.297. The number of ether oxygens (including phenoxy) is 1. The highest BCUT2D eigenvalue weighted by molar-refractivity contribution is 7.92. The zero-order valence-corrected chi connectivity index (χ0v) is 19.4. The van der Waals surface area contributed by atoms with Gasteiger partial charge in [0.15, 0.2) is 0 Å². The van der Waals surface area contributed by atoms with Gasteiger partial charge >= 0.3 is 0 Å². The van der Waals surface area contributed by atoms with Gasteiger partial charge in [-0.3, -0.25) is 9.40 Å². The number of aromatic nitrogens is 3. The Hall–Kier alpha value is -2.46. The molecule has 2 aromatic heterocycles. The second kappa shape index (κ2) is 9.19. The van der Waals surface area contributed by atoms with Gasteiger partial charge in [-0.05, 0) is 24.3 Å². The predicted octanol–water partition coefficient (Wildman–Crippen LogP) is 5.73. The van der Waals surface area contributed by atoms with Crippen molar-refractivity contribution in [1.82, 2.24) is 14.8 Å². The van der Waals surface area contributed by atoms with Gasteiger partial charge in [0, 0.05) is 36.8 Å². The van der Waals surface area contributed by atoms with Gasteiger partial charge in [0.05, 0.1) is 39.1 Å². The van der Waals surface area contributed by atoms with E-state index in [4.69, 9.17) is 39.5 Å². The number of rotatable bonds is 8. The van der Waals surface area contributed by atoms with Gasteiger partial charge in [0.25, 0.3) is 10.0 Å². The van der Waals surface area contributed by atoms with Crippen LogP contribution in [0.3, 0.4) is 0 Å². The van der Waals surface area contributed by atoms with Crippen molar-refractivity contribution in [3.63, 3.8) is 0 Å². The number of anilines is 1. The van der Waals surface area contributed by atoms with Gasteiger partial charge in [-0.2, -0.15) is 5.10 Å². The van der Waals surface area contributed by atoms with Crippen LogP contribution in [0.5, 0.6) is 5.75 Å². The van der Waals surface area contributed by atoms with Crippen molar-refractivity contribution in [1.29, 1.82) is 0 Å². The Kier molecular flexibility index (Phi) is 6.52. The third kappa shape index (κ3) is 4.80. The first-order valence-corrected chi connectivity index (χ1v) is 11.9. The van der Waals surface area contributed by atoms with Gasteiger partial charge in [0.1, 0.15) is 16.5 Å². The quantitative estimate of drug-likeness (QED) is 0.292. The molecule has 0 spiro atoms. The third-order valence-electron chi connectivity index (χ3n) is 4.58. The maximum absolute atomic E-state index is 14.6. The van der Waals surface area contributed by atoms with Crippen LogP contribution in [0.4, 0.5) is 10.1 Å². The van der Waals surface area contributed by atoms with Crippen LogP contribution in [-0.4, -0.2) is 29.8 Å².